The number of nitrogens with zero attached hydrogens (tertiary/aromatic N) is 2. The summed E-state index contributed by atoms with van der Waals surface area (Å²) >= 11 is 4.15. The number of thiazole rings is 2. The molecule has 0 aliphatic carbocycles. The highest BCUT2D eigenvalue weighted by molar-refractivity contribution is 8.01. The zero-order chi connectivity index (χ0) is 24.1. The van der Waals surface area contributed by atoms with Crippen LogP contribution in [0.2, 0.25) is 0 Å². The first kappa shape index (κ1) is 23.9. The van der Waals surface area contributed by atoms with E-state index in [2.05, 4.69) is 25.9 Å². The SMILES string of the molecule is CC(=O)Nc1ccc(NC(=O)CSc2nc(CC(=O)Nc3nc4ccc(C)cc4s3)cs2)cc1. The Morgan fingerprint density at radius 2 is 1.68 bits per heavy atom. The number of fused-ring (bicyclic) bond motifs is 1. The number of carbonyl (C=O) groups is 3. The molecule has 0 fully saturated rings. The van der Waals surface area contributed by atoms with Gasteiger partial charge < -0.3 is 16.0 Å². The normalized spacial score (nSPS) is 10.8. The fourth-order valence-corrected chi connectivity index (χ4v) is 5.64. The van der Waals surface area contributed by atoms with Crippen molar-refractivity contribution < 1.29 is 14.4 Å². The number of benzene rings is 2. The molecule has 0 bridgehead atoms. The van der Waals surface area contributed by atoms with Gasteiger partial charge in [-0.1, -0.05) is 29.2 Å². The standard InChI is InChI=1S/C23H21N5O3S3/c1-13-3-8-18-19(9-13)34-22(27-18)28-20(30)10-17-11-32-23(26-17)33-12-21(31)25-16-6-4-15(5-7-16)24-14(2)29/h3-9,11H,10,12H2,1-2H3,(H,24,29)(H,25,31)(H,27,28,30). The van der Waals surface area contributed by atoms with Gasteiger partial charge in [-0.2, -0.15) is 0 Å². The minimum Gasteiger partial charge on any atom is -0.326 e. The van der Waals surface area contributed by atoms with Gasteiger partial charge in [-0.3, -0.25) is 14.4 Å². The zero-order valence-electron chi connectivity index (χ0n) is 18.4. The summed E-state index contributed by atoms with van der Waals surface area (Å²) in [6.07, 6.45) is 0.138. The molecule has 0 radical (unpaired) electrons. The average molecular weight is 512 g/mol. The molecule has 3 N–H and O–H groups in total. The van der Waals surface area contributed by atoms with Gasteiger partial charge in [0.25, 0.3) is 0 Å². The van der Waals surface area contributed by atoms with Gasteiger partial charge in [-0.15, -0.1) is 11.3 Å². The Kier molecular flexibility index (Phi) is 7.56. The van der Waals surface area contributed by atoms with Crippen molar-refractivity contribution in [2.24, 2.45) is 0 Å². The van der Waals surface area contributed by atoms with E-state index in [0.717, 1.165) is 20.1 Å². The average Bonchev–Trinajstić information content (AvgIpc) is 3.39. The van der Waals surface area contributed by atoms with Crippen LogP contribution in [-0.2, 0) is 20.8 Å². The minimum atomic E-state index is -0.182. The van der Waals surface area contributed by atoms with Crippen molar-refractivity contribution in [3.05, 3.63) is 59.1 Å². The second kappa shape index (κ2) is 10.8. The molecule has 2 aromatic heterocycles. The van der Waals surface area contributed by atoms with Crippen molar-refractivity contribution >= 4 is 78.9 Å². The van der Waals surface area contributed by atoms with E-state index >= 15 is 0 Å². The summed E-state index contributed by atoms with van der Waals surface area (Å²) < 4.78 is 1.75. The Balaban J connectivity index is 1.24. The number of amides is 3. The smallest absolute Gasteiger partial charge is 0.234 e. The third kappa shape index (κ3) is 6.62. The van der Waals surface area contributed by atoms with Crippen molar-refractivity contribution in [1.82, 2.24) is 9.97 Å². The van der Waals surface area contributed by atoms with Gasteiger partial charge in [0.05, 0.1) is 28.1 Å². The molecule has 0 aliphatic heterocycles. The Morgan fingerprint density at radius 3 is 2.41 bits per heavy atom. The van der Waals surface area contributed by atoms with E-state index in [1.807, 2.05) is 30.5 Å². The van der Waals surface area contributed by atoms with E-state index in [-0.39, 0.29) is 29.9 Å². The van der Waals surface area contributed by atoms with Crippen molar-refractivity contribution in [1.29, 1.82) is 0 Å². The van der Waals surface area contributed by atoms with Crippen LogP contribution in [0, 0.1) is 6.92 Å². The van der Waals surface area contributed by atoms with Crippen LogP contribution in [0.4, 0.5) is 16.5 Å². The zero-order valence-corrected chi connectivity index (χ0v) is 20.8. The highest BCUT2D eigenvalue weighted by atomic mass is 32.2. The number of aryl methyl sites for hydroxylation is 1. The van der Waals surface area contributed by atoms with Gasteiger partial charge in [-0.05, 0) is 48.9 Å². The number of hydrogen-bond acceptors (Lipinski definition) is 8. The molecule has 0 aliphatic rings. The second-order valence-electron chi connectivity index (χ2n) is 7.42. The predicted octanol–water partition coefficient (Wildman–Crippen LogP) is 4.93. The van der Waals surface area contributed by atoms with Crippen LogP contribution >= 0.6 is 34.4 Å². The first-order valence-electron chi connectivity index (χ1n) is 10.3. The summed E-state index contributed by atoms with van der Waals surface area (Å²) in [7, 11) is 0. The van der Waals surface area contributed by atoms with E-state index in [0.29, 0.717) is 22.2 Å². The molecule has 2 aromatic carbocycles. The van der Waals surface area contributed by atoms with Gasteiger partial charge in [0, 0.05) is 23.7 Å². The van der Waals surface area contributed by atoms with E-state index in [4.69, 9.17) is 0 Å². The van der Waals surface area contributed by atoms with Gasteiger partial charge in [-0.25, -0.2) is 9.97 Å². The molecule has 0 unspecified atom stereocenters. The lowest BCUT2D eigenvalue weighted by Crippen LogP contribution is -2.14. The maximum Gasteiger partial charge on any atom is 0.234 e. The Morgan fingerprint density at radius 1 is 0.941 bits per heavy atom. The van der Waals surface area contributed by atoms with Gasteiger partial charge >= 0.3 is 0 Å². The Bertz CT molecular complexity index is 1350. The molecule has 11 heteroatoms. The highest BCUT2D eigenvalue weighted by Gasteiger charge is 2.12. The topological polar surface area (TPSA) is 113 Å². The molecular weight excluding hydrogens is 490 g/mol. The highest BCUT2D eigenvalue weighted by Crippen LogP contribution is 2.27. The number of hydrogen-bond donors (Lipinski definition) is 3. The molecule has 3 amide bonds. The van der Waals surface area contributed by atoms with Crippen LogP contribution in [0.5, 0.6) is 0 Å². The van der Waals surface area contributed by atoms with E-state index in [1.54, 1.807) is 24.3 Å². The maximum atomic E-state index is 12.4. The van der Waals surface area contributed by atoms with Crippen molar-refractivity contribution in [3.8, 4) is 0 Å². The molecule has 0 spiro atoms. The molecule has 0 atom stereocenters. The third-order valence-corrected chi connectivity index (χ3v) is 7.48. The van der Waals surface area contributed by atoms with Gasteiger partial charge in [0.15, 0.2) is 9.47 Å². The minimum absolute atomic E-state index is 0.138. The molecule has 0 saturated heterocycles. The van der Waals surface area contributed by atoms with Crippen LogP contribution in [0.25, 0.3) is 10.2 Å². The van der Waals surface area contributed by atoms with E-state index in [9.17, 15) is 14.4 Å². The molecular formula is C23H21N5O3S3. The van der Waals surface area contributed by atoms with Crippen LogP contribution in [0.1, 0.15) is 18.2 Å². The number of anilines is 3. The monoisotopic (exact) mass is 511 g/mol. The van der Waals surface area contributed by atoms with E-state index < -0.39 is 0 Å². The third-order valence-electron chi connectivity index (χ3n) is 4.48. The predicted molar refractivity (Wildman–Crippen MR) is 139 cm³/mol. The number of rotatable bonds is 8. The van der Waals surface area contributed by atoms with Crippen molar-refractivity contribution in [3.63, 3.8) is 0 Å². The molecule has 4 aromatic rings. The lowest BCUT2D eigenvalue weighted by molar-refractivity contribution is -0.116. The largest absolute Gasteiger partial charge is 0.326 e. The van der Waals surface area contributed by atoms with Crippen LogP contribution in [0.3, 0.4) is 0 Å². The first-order chi connectivity index (χ1) is 16.3. The second-order valence-corrected chi connectivity index (χ2v) is 10.5. The molecule has 8 nitrogen and oxygen atoms in total. The number of nitrogens with one attached hydrogen (secondary N) is 3. The molecule has 174 valence electrons. The molecule has 2 heterocycles. The van der Waals surface area contributed by atoms with Crippen LogP contribution in [-0.4, -0.2) is 33.4 Å². The van der Waals surface area contributed by atoms with Crippen LogP contribution < -0.4 is 16.0 Å². The van der Waals surface area contributed by atoms with Crippen molar-refractivity contribution in [2.45, 2.75) is 24.6 Å². The molecule has 34 heavy (non-hydrogen) atoms. The fourth-order valence-electron chi connectivity index (χ4n) is 3.01. The lowest BCUT2D eigenvalue weighted by Gasteiger charge is -2.06. The molecule has 0 saturated carbocycles. The first-order valence-corrected chi connectivity index (χ1v) is 12.9. The van der Waals surface area contributed by atoms with Gasteiger partial charge in [0.1, 0.15) is 0 Å². The summed E-state index contributed by atoms with van der Waals surface area (Å²) in [6.45, 7) is 3.46. The summed E-state index contributed by atoms with van der Waals surface area (Å²) in [5.74, 6) is -0.311. The van der Waals surface area contributed by atoms with Crippen molar-refractivity contribution in [2.75, 3.05) is 21.7 Å². The molecule has 4 rings (SSSR count). The lowest BCUT2D eigenvalue weighted by atomic mass is 10.2. The Hall–Kier alpha value is -3.28. The summed E-state index contributed by atoms with van der Waals surface area (Å²) in [5, 5.41) is 10.7. The fraction of sp³-hybridized carbons (Fsp3) is 0.174. The summed E-state index contributed by atoms with van der Waals surface area (Å²) in [6, 6.07) is 12.9. The Labute approximate surface area is 208 Å². The van der Waals surface area contributed by atoms with Crippen LogP contribution in [0.15, 0.2) is 52.2 Å². The summed E-state index contributed by atoms with van der Waals surface area (Å²) in [4.78, 5) is 44.6. The summed E-state index contributed by atoms with van der Waals surface area (Å²) in [5.41, 5.74) is 3.96. The quantitative estimate of drug-likeness (QED) is 0.289. The maximum absolute atomic E-state index is 12.4. The van der Waals surface area contributed by atoms with E-state index in [1.165, 1.54) is 41.4 Å². The van der Waals surface area contributed by atoms with Gasteiger partial charge in [0.2, 0.25) is 17.7 Å². The number of thioether (sulfide) groups is 1. The number of carbonyl (C=O) groups excluding carboxylic acids is 3. The number of aromatic nitrogens is 2.